The molecule has 4 nitrogen and oxygen atoms in total. The van der Waals surface area contributed by atoms with Crippen LogP contribution >= 0.6 is 0 Å². The molecule has 0 saturated heterocycles. The first kappa shape index (κ1) is 17.5. The summed E-state index contributed by atoms with van der Waals surface area (Å²) in [5.41, 5.74) is 2.21. The molecular weight excluding hydrogens is 348 g/mol. The number of carbonyl (C=O) groups excluding carboxylic acids is 2. The summed E-state index contributed by atoms with van der Waals surface area (Å²) in [4.78, 5) is 25.3. The molecule has 0 heterocycles. The lowest BCUT2D eigenvalue weighted by Crippen LogP contribution is -2.16. The van der Waals surface area contributed by atoms with E-state index in [1.165, 1.54) is 0 Å². The van der Waals surface area contributed by atoms with Gasteiger partial charge in [-0.2, -0.15) is 0 Å². The molecule has 2 N–H and O–H groups in total. The van der Waals surface area contributed by atoms with Gasteiger partial charge in [-0.25, -0.2) is 0 Å². The smallest absolute Gasteiger partial charge is 0.255 e. The zero-order valence-corrected chi connectivity index (χ0v) is 15.1. The van der Waals surface area contributed by atoms with E-state index in [0.717, 1.165) is 10.8 Å². The van der Waals surface area contributed by atoms with Crippen molar-refractivity contribution in [2.45, 2.75) is 0 Å². The highest BCUT2D eigenvalue weighted by Crippen LogP contribution is 2.29. The molecule has 0 saturated carbocycles. The predicted octanol–water partition coefficient (Wildman–Crippen LogP) is 5.34. The molecule has 4 heteroatoms. The number of amides is 2. The molecule has 28 heavy (non-hydrogen) atoms. The Morgan fingerprint density at radius 3 is 1.25 bits per heavy atom. The standard InChI is InChI=1S/C24H18N2O2/c27-23(17-9-3-1-4-10-17)25-21-15-19-13-7-8-14-20(19)16-22(21)26-24(28)18-11-5-2-6-12-18/h1-16H,(H,25,27)(H,26,28). The van der Waals surface area contributed by atoms with Crippen LogP contribution in [-0.2, 0) is 0 Å². The Kier molecular flexibility index (Phi) is 4.85. The highest BCUT2D eigenvalue weighted by atomic mass is 16.2. The van der Waals surface area contributed by atoms with Gasteiger partial charge in [0.05, 0.1) is 11.4 Å². The van der Waals surface area contributed by atoms with Crippen LogP contribution in [0, 0.1) is 0 Å². The van der Waals surface area contributed by atoms with Crippen molar-refractivity contribution in [1.29, 1.82) is 0 Å². The van der Waals surface area contributed by atoms with E-state index in [9.17, 15) is 9.59 Å². The van der Waals surface area contributed by atoms with Gasteiger partial charge < -0.3 is 10.6 Å². The summed E-state index contributed by atoms with van der Waals surface area (Å²) in [6, 6.07) is 29.5. The Bertz CT molecular complexity index is 1050. The predicted molar refractivity (Wildman–Crippen MR) is 113 cm³/mol. The molecule has 0 spiro atoms. The van der Waals surface area contributed by atoms with Crippen molar-refractivity contribution in [1.82, 2.24) is 0 Å². The van der Waals surface area contributed by atoms with Crippen LogP contribution in [0.4, 0.5) is 11.4 Å². The van der Waals surface area contributed by atoms with Crippen molar-refractivity contribution in [2.75, 3.05) is 10.6 Å². The van der Waals surface area contributed by atoms with Gasteiger partial charge in [0.25, 0.3) is 11.8 Å². The van der Waals surface area contributed by atoms with E-state index in [2.05, 4.69) is 10.6 Å². The molecule has 0 aliphatic rings. The quantitative estimate of drug-likeness (QED) is 0.512. The van der Waals surface area contributed by atoms with E-state index in [1.54, 1.807) is 24.3 Å². The fraction of sp³-hybridized carbons (Fsp3) is 0. The number of nitrogens with one attached hydrogen (secondary N) is 2. The SMILES string of the molecule is O=C(Nc1cc2ccccc2cc1NC(=O)c1ccccc1)c1ccccc1. The average molecular weight is 366 g/mol. The lowest BCUT2D eigenvalue weighted by molar-refractivity contribution is 0.101. The van der Waals surface area contributed by atoms with Crippen LogP contribution < -0.4 is 10.6 Å². The van der Waals surface area contributed by atoms with Crippen molar-refractivity contribution < 1.29 is 9.59 Å². The molecule has 4 rings (SSSR count). The second kappa shape index (κ2) is 7.76. The van der Waals surface area contributed by atoms with Crippen LogP contribution in [0.2, 0.25) is 0 Å². The molecule has 4 aromatic rings. The number of carbonyl (C=O) groups is 2. The van der Waals surface area contributed by atoms with E-state index in [1.807, 2.05) is 72.8 Å². The molecule has 0 fully saturated rings. The zero-order valence-electron chi connectivity index (χ0n) is 15.1. The van der Waals surface area contributed by atoms with Gasteiger partial charge >= 0.3 is 0 Å². The van der Waals surface area contributed by atoms with E-state index in [0.29, 0.717) is 22.5 Å². The third kappa shape index (κ3) is 3.76. The second-order valence-corrected chi connectivity index (χ2v) is 6.39. The maximum Gasteiger partial charge on any atom is 0.255 e. The lowest BCUT2D eigenvalue weighted by atomic mass is 10.1. The fourth-order valence-corrected chi connectivity index (χ4v) is 3.02. The third-order valence-electron chi connectivity index (χ3n) is 4.45. The van der Waals surface area contributed by atoms with Gasteiger partial charge in [0.1, 0.15) is 0 Å². The number of rotatable bonds is 4. The topological polar surface area (TPSA) is 58.2 Å². The van der Waals surface area contributed by atoms with E-state index >= 15 is 0 Å². The maximum absolute atomic E-state index is 12.6. The van der Waals surface area contributed by atoms with Gasteiger partial charge in [0.2, 0.25) is 0 Å². The van der Waals surface area contributed by atoms with Gasteiger partial charge in [0.15, 0.2) is 0 Å². The molecule has 0 unspecified atom stereocenters. The highest BCUT2D eigenvalue weighted by molar-refractivity contribution is 6.12. The molecule has 4 aromatic carbocycles. The van der Waals surface area contributed by atoms with Crippen LogP contribution in [0.5, 0.6) is 0 Å². The number of anilines is 2. The molecule has 0 radical (unpaired) electrons. The summed E-state index contributed by atoms with van der Waals surface area (Å²) in [6.07, 6.45) is 0. The maximum atomic E-state index is 12.6. The second-order valence-electron chi connectivity index (χ2n) is 6.39. The average Bonchev–Trinajstić information content (AvgIpc) is 2.75. The Labute approximate surface area is 162 Å². The number of fused-ring (bicyclic) bond motifs is 1. The molecule has 0 atom stereocenters. The Hall–Kier alpha value is -3.92. The molecule has 0 aliphatic carbocycles. The van der Waals surface area contributed by atoms with Gasteiger partial charge in [-0.15, -0.1) is 0 Å². The van der Waals surface area contributed by atoms with Crippen molar-refractivity contribution in [2.24, 2.45) is 0 Å². The molecule has 0 aliphatic heterocycles. The van der Waals surface area contributed by atoms with Gasteiger partial charge in [-0.05, 0) is 47.2 Å². The molecule has 0 aromatic heterocycles. The number of benzene rings is 4. The molecular formula is C24H18N2O2. The van der Waals surface area contributed by atoms with E-state index < -0.39 is 0 Å². The number of hydrogen-bond donors (Lipinski definition) is 2. The monoisotopic (exact) mass is 366 g/mol. The van der Waals surface area contributed by atoms with E-state index in [-0.39, 0.29) is 11.8 Å². The largest absolute Gasteiger partial charge is 0.320 e. The number of hydrogen-bond acceptors (Lipinski definition) is 2. The Balaban J connectivity index is 1.70. The van der Waals surface area contributed by atoms with Crippen molar-refractivity contribution in [3.63, 3.8) is 0 Å². The normalized spacial score (nSPS) is 10.4. The summed E-state index contributed by atoms with van der Waals surface area (Å²) < 4.78 is 0. The molecule has 2 amide bonds. The van der Waals surface area contributed by atoms with Crippen molar-refractivity contribution in [3.05, 3.63) is 108 Å². The summed E-state index contributed by atoms with van der Waals surface area (Å²) in [5, 5.41) is 7.80. The molecule has 0 bridgehead atoms. The Morgan fingerprint density at radius 2 is 0.857 bits per heavy atom. The first-order valence-electron chi connectivity index (χ1n) is 8.96. The first-order chi connectivity index (χ1) is 13.7. The van der Waals surface area contributed by atoms with E-state index in [4.69, 9.17) is 0 Å². The van der Waals surface area contributed by atoms with Crippen LogP contribution in [0.15, 0.2) is 97.1 Å². The molecule has 136 valence electrons. The van der Waals surface area contributed by atoms with Crippen molar-refractivity contribution in [3.8, 4) is 0 Å². The summed E-state index contributed by atoms with van der Waals surface area (Å²) in [5.74, 6) is -0.461. The Morgan fingerprint density at radius 1 is 0.500 bits per heavy atom. The van der Waals surface area contributed by atoms with Crippen LogP contribution in [0.3, 0.4) is 0 Å². The van der Waals surface area contributed by atoms with Gasteiger partial charge in [-0.3, -0.25) is 9.59 Å². The van der Waals surface area contributed by atoms with Crippen LogP contribution in [0.25, 0.3) is 10.8 Å². The van der Waals surface area contributed by atoms with Crippen molar-refractivity contribution >= 4 is 34.0 Å². The zero-order chi connectivity index (χ0) is 19.3. The highest BCUT2D eigenvalue weighted by Gasteiger charge is 2.13. The third-order valence-corrected chi connectivity index (χ3v) is 4.45. The lowest BCUT2D eigenvalue weighted by Gasteiger charge is -2.14. The van der Waals surface area contributed by atoms with Crippen LogP contribution in [-0.4, -0.2) is 11.8 Å². The first-order valence-corrected chi connectivity index (χ1v) is 8.96. The summed E-state index contributed by atoms with van der Waals surface area (Å²) >= 11 is 0. The minimum atomic E-state index is -0.230. The summed E-state index contributed by atoms with van der Waals surface area (Å²) in [7, 11) is 0. The minimum absolute atomic E-state index is 0.230. The minimum Gasteiger partial charge on any atom is -0.320 e. The van der Waals surface area contributed by atoms with Gasteiger partial charge in [-0.1, -0.05) is 60.7 Å². The summed E-state index contributed by atoms with van der Waals surface area (Å²) in [6.45, 7) is 0. The van der Waals surface area contributed by atoms with Crippen LogP contribution in [0.1, 0.15) is 20.7 Å². The fourth-order valence-electron chi connectivity index (χ4n) is 3.02. The van der Waals surface area contributed by atoms with Gasteiger partial charge in [0, 0.05) is 11.1 Å².